The van der Waals surface area contributed by atoms with E-state index in [-0.39, 0.29) is 5.91 Å². The predicted molar refractivity (Wildman–Crippen MR) is 155 cm³/mol. The minimum Gasteiger partial charge on any atom is -0.352 e. The Hall–Kier alpha value is -2.28. The summed E-state index contributed by atoms with van der Waals surface area (Å²) in [6.45, 7) is 5.53. The van der Waals surface area contributed by atoms with Crippen molar-refractivity contribution in [3.63, 3.8) is 0 Å². The summed E-state index contributed by atoms with van der Waals surface area (Å²) in [6, 6.07) is 13.9. The normalized spacial score (nSPS) is 19.7. The van der Waals surface area contributed by atoms with Gasteiger partial charge in [-0.1, -0.05) is 61.4 Å². The van der Waals surface area contributed by atoms with E-state index in [1.54, 1.807) is 6.07 Å². The summed E-state index contributed by atoms with van der Waals surface area (Å²) in [5.74, 6) is 0.854. The standard InChI is InChI=1S/C29H39Cl2N5O/c1-21-20-36(18-17-32-21)29(34-25-7-5-3-2-4-6-8-25)35-26-13-10-23(11-14-26)28(37)33-16-15-22-9-12-24(30)19-27(22)31/h9-14,19,21,25,32H,2-8,15-18,20H2,1H3,(H,33,37)(H,34,35)/t21-/m0/s1. The van der Waals surface area contributed by atoms with Gasteiger partial charge in [-0.05, 0) is 68.1 Å². The molecule has 0 radical (unpaired) electrons. The molecular weight excluding hydrogens is 505 g/mol. The number of nitrogens with one attached hydrogen (secondary N) is 3. The van der Waals surface area contributed by atoms with Crippen molar-refractivity contribution in [3.8, 4) is 0 Å². The van der Waals surface area contributed by atoms with Gasteiger partial charge in [-0.25, -0.2) is 4.99 Å². The van der Waals surface area contributed by atoms with Gasteiger partial charge in [0.25, 0.3) is 5.91 Å². The predicted octanol–water partition coefficient (Wildman–Crippen LogP) is 6.14. The maximum atomic E-state index is 12.7. The van der Waals surface area contributed by atoms with Crippen molar-refractivity contribution in [1.29, 1.82) is 0 Å². The fourth-order valence-corrected chi connectivity index (χ4v) is 5.53. The Morgan fingerprint density at radius 3 is 2.49 bits per heavy atom. The number of carbonyl (C=O) groups excluding carboxylic acids is 1. The molecule has 0 unspecified atom stereocenters. The van der Waals surface area contributed by atoms with Gasteiger partial charge in [-0.3, -0.25) is 4.79 Å². The van der Waals surface area contributed by atoms with Crippen molar-refractivity contribution >= 4 is 40.8 Å². The smallest absolute Gasteiger partial charge is 0.251 e. The zero-order chi connectivity index (χ0) is 26.0. The van der Waals surface area contributed by atoms with Gasteiger partial charge in [0.15, 0.2) is 5.96 Å². The number of hydrogen-bond donors (Lipinski definition) is 3. The van der Waals surface area contributed by atoms with Crippen molar-refractivity contribution in [2.75, 3.05) is 31.5 Å². The van der Waals surface area contributed by atoms with Gasteiger partial charge in [0.05, 0.1) is 6.04 Å². The lowest BCUT2D eigenvalue weighted by Gasteiger charge is -2.35. The van der Waals surface area contributed by atoms with Gasteiger partial charge in [0, 0.05) is 53.5 Å². The molecule has 8 heteroatoms. The van der Waals surface area contributed by atoms with Gasteiger partial charge in [-0.2, -0.15) is 0 Å². The first kappa shape index (κ1) is 27.7. The molecule has 2 aromatic carbocycles. The van der Waals surface area contributed by atoms with E-state index in [9.17, 15) is 4.79 Å². The number of anilines is 1. The molecule has 1 saturated carbocycles. The number of nitrogens with zero attached hydrogens (tertiary/aromatic N) is 2. The van der Waals surface area contributed by atoms with Crippen molar-refractivity contribution in [1.82, 2.24) is 15.5 Å². The number of rotatable bonds is 6. The van der Waals surface area contributed by atoms with Gasteiger partial charge in [-0.15, -0.1) is 0 Å². The topological polar surface area (TPSA) is 68.8 Å². The van der Waals surface area contributed by atoms with E-state index in [1.165, 1.54) is 32.1 Å². The molecule has 1 aliphatic carbocycles. The maximum Gasteiger partial charge on any atom is 0.251 e. The third-order valence-corrected chi connectivity index (χ3v) is 7.73. The number of carbonyl (C=O) groups is 1. The summed E-state index contributed by atoms with van der Waals surface area (Å²) in [6.07, 6.45) is 9.46. The SMILES string of the molecule is C[C@H]1CN(C(=NC2CCCCCCC2)Nc2ccc(C(=O)NCCc3ccc(Cl)cc3Cl)cc2)CCN1. The zero-order valence-corrected chi connectivity index (χ0v) is 23.3. The Balaban J connectivity index is 1.38. The number of hydrogen-bond acceptors (Lipinski definition) is 3. The first-order valence-corrected chi connectivity index (χ1v) is 14.4. The van der Waals surface area contributed by atoms with E-state index in [4.69, 9.17) is 28.2 Å². The molecule has 0 spiro atoms. The van der Waals surface area contributed by atoms with Crippen LogP contribution in [-0.2, 0) is 6.42 Å². The summed E-state index contributed by atoms with van der Waals surface area (Å²) in [5.41, 5.74) is 2.53. The highest BCUT2D eigenvalue weighted by molar-refractivity contribution is 6.35. The molecule has 1 heterocycles. The largest absolute Gasteiger partial charge is 0.352 e. The van der Waals surface area contributed by atoms with Crippen molar-refractivity contribution in [3.05, 3.63) is 63.6 Å². The number of piperazine rings is 1. The van der Waals surface area contributed by atoms with Gasteiger partial charge in [0.2, 0.25) is 0 Å². The van der Waals surface area contributed by atoms with Crippen LogP contribution in [-0.4, -0.2) is 55.0 Å². The highest BCUT2D eigenvalue weighted by Crippen LogP contribution is 2.22. The van der Waals surface area contributed by atoms with Crippen LogP contribution in [0.3, 0.4) is 0 Å². The quantitative estimate of drug-likeness (QED) is 0.302. The summed E-state index contributed by atoms with van der Waals surface area (Å²) in [5, 5.41) is 11.3. The first-order valence-electron chi connectivity index (χ1n) is 13.6. The van der Waals surface area contributed by atoms with Crippen LogP contribution in [0.15, 0.2) is 47.5 Å². The van der Waals surface area contributed by atoms with Crippen molar-refractivity contribution in [2.45, 2.75) is 70.4 Å². The van der Waals surface area contributed by atoms with Crippen LogP contribution in [0.1, 0.15) is 67.8 Å². The molecular formula is C29H39Cl2N5O. The van der Waals surface area contributed by atoms with Gasteiger partial charge in [0.1, 0.15) is 0 Å². The summed E-state index contributed by atoms with van der Waals surface area (Å²) in [7, 11) is 0. The van der Waals surface area contributed by atoms with Crippen molar-refractivity contribution in [2.24, 2.45) is 4.99 Å². The average molecular weight is 545 g/mol. The van der Waals surface area contributed by atoms with Crippen LogP contribution in [0, 0.1) is 0 Å². The van der Waals surface area contributed by atoms with Crippen LogP contribution < -0.4 is 16.0 Å². The first-order chi connectivity index (χ1) is 18.0. The molecule has 1 atom stereocenters. The highest BCUT2D eigenvalue weighted by Gasteiger charge is 2.21. The van der Waals surface area contributed by atoms with Gasteiger partial charge < -0.3 is 20.9 Å². The second-order valence-corrected chi connectivity index (χ2v) is 11.0. The van der Waals surface area contributed by atoms with Crippen LogP contribution in [0.5, 0.6) is 0 Å². The Bertz CT molecular complexity index is 1050. The third-order valence-electron chi connectivity index (χ3n) is 7.15. The monoisotopic (exact) mass is 543 g/mol. The fraction of sp³-hybridized carbons (Fsp3) is 0.517. The second-order valence-electron chi connectivity index (χ2n) is 10.2. The number of aliphatic imine (C=N–C) groups is 1. The minimum absolute atomic E-state index is 0.101. The molecule has 2 aromatic rings. The van der Waals surface area contributed by atoms with Crippen LogP contribution >= 0.6 is 23.2 Å². The average Bonchev–Trinajstić information content (AvgIpc) is 2.86. The van der Waals surface area contributed by atoms with Gasteiger partial charge >= 0.3 is 0 Å². The van der Waals surface area contributed by atoms with E-state index in [0.29, 0.717) is 40.7 Å². The summed E-state index contributed by atoms with van der Waals surface area (Å²) >= 11 is 12.2. The Labute approximate surface area is 231 Å². The minimum atomic E-state index is -0.101. The lowest BCUT2D eigenvalue weighted by Crippen LogP contribution is -2.53. The second kappa shape index (κ2) is 14.0. The Kier molecular flexibility index (Phi) is 10.5. The number of halogens is 2. The van der Waals surface area contributed by atoms with Crippen LogP contribution in [0.2, 0.25) is 10.0 Å². The Morgan fingerprint density at radius 2 is 1.78 bits per heavy atom. The van der Waals surface area contributed by atoms with E-state index in [1.807, 2.05) is 36.4 Å². The van der Waals surface area contributed by atoms with E-state index < -0.39 is 0 Å². The lowest BCUT2D eigenvalue weighted by molar-refractivity contribution is 0.0954. The van der Waals surface area contributed by atoms with E-state index in [2.05, 4.69) is 27.8 Å². The zero-order valence-electron chi connectivity index (χ0n) is 21.7. The highest BCUT2D eigenvalue weighted by atomic mass is 35.5. The third kappa shape index (κ3) is 8.62. The molecule has 3 N–H and O–H groups in total. The fourth-order valence-electron chi connectivity index (χ4n) is 5.03. The maximum absolute atomic E-state index is 12.7. The molecule has 0 aromatic heterocycles. The molecule has 1 amide bonds. The van der Waals surface area contributed by atoms with Crippen LogP contribution in [0.4, 0.5) is 5.69 Å². The molecule has 1 saturated heterocycles. The summed E-state index contributed by atoms with van der Waals surface area (Å²) < 4.78 is 0. The Morgan fingerprint density at radius 1 is 1.05 bits per heavy atom. The molecule has 0 bridgehead atoms. The molecule has 200 valence electrons. The molecule has 2 aliphatic rings. The molecule has 37 heavy (non-hydrogen) atoms. The number of benzene rings is 2. The van der Waals surface area contributed by atoms with E-state index >= 15 is 0 Å². The number of guanidine groups is 1. The molecule has 6 nitrogen and oxygen atoms in total. The van der Waals surface area contributed by atoms with Crippen molar-refractivity contribution < 1.29 is 4.79 Å². The molecule has 2 fully saturated rings. The molecule has 1 aliphatic heterocycles. The molecule has 4 rings (SSSR count). The lowest BCUT2D eigenvalue weighted by atomic mass is 9.97. The van der Waals surface area contributed by atoms with Crippen LogP contribution in [0.25, 0.3) is 0 Å². The summed E-state index contributed by atoms with van der Waals surface area (Å²) in [4.78, 5) is 20.3. The van der Waals surface area contributed by atoms with E-state index in [0.717, 1.165) is 49.7 Å². The number of amides is 1.